The van der Waals surface area contributed by atoms with Crippen LogP contribution in [0.25, 0.3) is 0 Å². The van der Waals surface area contributed by atoms with Crippen molar-refractivity contribution in [2.45, 2.75) is 17.9 Å². The second-order valence-electron chi connectivity index (χ2n) is 4.29. The van der Waals surface area contributed by atoms with E-state index in [0.29, 0.717) is 25.4 Å². The summed E-state index contributed by atoms with van der Waals surface area (Å²) in [6.45, 7) is 2.94. The number of thiocarbonyl (C=S) groups is 1. The van der Waals surface area contributed by atoms with Gasteiger partial charge < -0.3 is 10.5 Å². The molecule has 19 heavy (non-hydrogen) atoms. The van der Waals surface area contributed by atoms with E-state index in [1.165, 1.54) is 22.6 Å². The molecule has 1 aromatic rings. The molecule has 104 valence electrons. The van der Waals surface area contributed by atoms with Gasteiger partial charge in [0.05, 0.1) is 18.4 Å². The van der Waals surface area contributed by atoms with Crippen molar-refractivity contribution in [1.29, 1.82) is 0 Å². The Labute approximate surface area is 117 Å². The van der Waals surface area contributed by atoms with Crippen molar-refractivity contribution in [2.24, 2.45) is 5.73 Å². The minimum atomic E-state index is -3.53. The Morgan fingerprint density at radius 3 is 2.84 bits per heavy atom. The summed E-state index contributed by atoms with van der Waals surface area (Å²) >= 11 is 4.78. The molecule has 0 bridgehead atoms. The molecule has 8 heteroatoms. The van der Waals surface area contributed by atoms with Crippen molar-refractivity contribution in [3.8, 4) is 0 Å². The van der Waals surface area contributed by atoms with Gasteiger partial charge in [-0.2, -0.15) is 4.31 Å². The predicted octanol–water partition coefficient (Wildman–Crippen LogP) is 0.125. The van der Waals surface area contributed by atoms with Crippen molar-refractivity contribution in [3.63, 3.8) is 0 Å². The first-order valence-corrected chi connectivity index (χ1v) is 7.63. The lowest BCUT2D eigenvalue weighted by atomic mass is 10.3. The summed E-state index contributed by atoms with van der Waals surface area (Å²) in [5.74, 6) is 0. The van der Waals surface area contributed by atoms with Crippen LogP contribution >= 0.6 is 12.2 Å². The number of ether oxygens (including phenoxy) is 1. The van der Waals surface area contributed by atoms with Crippen molar-refractivity contribution in [2.75, 3.05) is 19.7 Å². The Bertz CT molecular complexity index is 571. The molecule has 1 atom stereocenters. The van der Waals surface area contributed by atoms with E-state index >= 15 is 0 Å². The van der Waals surface area contributed by atoms with Crippen LogP contribution in [-0.2, 0) is 14.8 Å². The molecule has 2 N–H and O–H groups in total. The number of morpholine rings is 1. The monoisotopic (exact) mass is 301 g/mol. The molecule has 0 radical (unpaired) electrons. The van der Waals surface area contributed by atoms with E-state index in [-0.39, 0.29) is 16.0 Å². The summed E-state index contributed by atoms with van der Waals surface area (Å²) in [5.41, 5.74) is 5.83. The van der Waals surface area contributed by atoms with Gasteiger partial charge in [-0.1, -0.05) is 12.2 Å². The third-order valence-electron chi connectivity index (χ3n) is 2.83. The van der Waals surface area contributed by atoms with Gasteiger partial charge in [0, 0.05) is 19.3 Å². The van der Waals surface area contributed by atoms with Crippen LogP contribution in [0.2, 0.25) is 0 Å². The van der Waals surface area contributed by atoms with E-state index < -0.39 is 10.0 Å². The first-order valence-electron chi connectivity index (χ1n) is 5.79. The van der Waals surface area contributed by atoms with Crippen LogP contribution in [0.5, 0.6) is 0 Å². The van der Waals surface area contributed by atoms with Crippen LogP contribution in [-0.4, -0.2) is 48.5 Å². The van der Waals surface area contributed by atoms with Crippen molar-refractivity contribution in [3.05, 3.63) is 24.0 Å². The van der Waals surface area contributed by atoms with Gasteiger partial charge in [0.25, 0.3) is 0 Å². The number of nitrogens with zero attached hydrogens (tertiary/aromatic N) is 2. The van der Waals surface area contributed by atoms with Crippen LogP contribution in [0.1, 0.15) is 12.6 Å². The van der Waals surface area contributed by atoms with E-state index in [4.69, 9.17) is 22.7 Å². The van der Waals surface area contributed by atoms with Gasteiger partial charge in [0.15, 0.2) is 0 Å². The largest absolute Gasteiger partial charge is 0.388 e. The summed E-state index contributed by atoms with van der Waals surface area (Å²) in [6, 6.07) is 2.98. The molecule has 1 fully saturated rings. The molecule has 1 aliphatic heterocycles. The second-order valence-corrected chi connectivity index (χ2v) is 6.67. The first-order chi connectivity index (χ1) is 8.91. The predicted molar refractivity (Wildman–Crippen MR) is 74.3 cm³/mol. The topological polar surface area (TPSA) is 85.5 Å². The molecule has 0 aromatic carbocycles. The fourth-order valence-electron chi connectivity index (χ4n) is 1.83. The zero-order chi connectivity index (χ0) is 14.0. The maximum absolute atomic E-state index is 12.4. The molecule has 1 saturated heterocycles. The Kier molecular flexibility index (Phi) is 4.14. The van der Waals surface area contributed by atoms with Crippen molar-refractivity contribution < 1.29 is 13.2 Å². The summed E-state index contributed by atoms with van der Waals surface area (Å²) in [4.78, 5) is 4.24. The lowest BCUT2D eigenvalue weighted by Gasteiger charge is -2.30. The third-order valence-corrected chi connectivity index (χ3v) is 4.89. The molecule has 0 spiro atoms. The van der Waals surface area contributed by atoms with Crippen molar-refractivity contribution >= 4 is 27.2 Å². The lowest BCUT2D eigenvalue weighted by molar-refractivity contribution is 0.0102. The fraction of sp³-hybridized carbons (Fsp3) is 0.455. The van der Waals surface area contributed by atoms with Gasteiger partial charge in [0.2, 0.25) is 10.0 Å². The standard InChI is InChI=1S/C11H15N3O3S2/c1-8-7-14(4-5-17-8)19(15,16)9-2-3-10(11(12)18)13-6-9/h2-3,6,8H,4-5,7H2,1H3,(H2,12,18). The maximum atomic E-state index is 12.4. The molecule has 2 rings (SSSR count). The summed E-state index contributed by atoms with van der Waals surface area (Å²) in [7, 11) is -3.53. The quantitative estimate of drug-likeness (QED) is 0.799. The molecule has 6 nitrogen and oxygen atoms in total. The number of nitrogens with two attached hydrogens (primary N) is 1. The SMILES string of the molecule is CC1CN(S(=O)(=O)c2ccc(C(N)=S)nc2)CCO1. The van der Waals surface area contributed by atoms with E-state index in [1.54, 1.807) is 0 Å². The summed E-state index contributed by atoms with van der Waals surface area (Å²) in [6.07, 6.45) is 1.18. The Morgan fingerprint density at radius 2 is 2.32 bits per heavy atom. The molecular weight excluding hydrogens is 286 g/mol. The highest BCUT2D eigenvalue weighted by molar-refractivity contribution is 7.89. The van der Waals surface area contributed by atoms with Crippen LogP contribution in [0.15, 0.2) is 23.2 Å². The molecule has 1 unspecified atom stereocenters. The number of aromatic nitrogens is 1. The van der Waals surface area contributed by atoms with Gasteiger partial charge in [-0.15, -0.1) is 0 Å². The minimum absolute atomic E-state index is 0.104. The summed E-state index contributed by atoms with van der Waals surface area (Å²) < 4.78 is 31.5. The number of hydrogen-bond acceptors (Lipinski definition) is 5. The molecular formula is C11H15N3O3S2. The molecule has 0 aliphatic carbocycles. The fourth-order valence-corrected chi connectivity index (χ4v) is 3.40. The van der Waals surface area contributed by atoms with Crippen LogP contribution in [0.4, 0.5) is 0 Å². The van der Waals surface area contributed by atoms with Crippen LogP contribution in [0.3, 0.4) is 0 Å². The van der Waals surface area contributed by atoms with Crippen LogP contribution < -0.4 is 5.73 Å². The Balaban J connectivity index is 2.26. The number of sulfonamides is 1. The molecule has 1 aromatic heterocycles. The average molecular weight is 301 g/mol. The van der Waals surface area contributed by atoms with Gasteiger partial charge in [-0.25, -0.2) is 8.42 Å². The van der Waals surface area contributed by atoms with E-state index in [9.17, 15) is 8.42 Å². The number of rotatable bonds is 3. The zero-order valence-electron chi connectivity index (χ0n) is 10.4. The van der Waals surface area contributed by atoms with Crippen LogP contribution in [0, 0.1) is 0 Å². The maximum Gasteiger partial charge on any atom is 0.244 e. The second kappa shape index (κ2) is 5.49. The first kappa shape index (κ1) is 14.3. The summed E-state index contributed by atoms with van der Waals surface area (Å²) in [5, 5.41) is 0. The van der Waals surface area contributed by atoms with Gasteiger partial charge in [-0.3, -0.25) is 4.98 Å². The molecule has 0 amide bonds. The smallest absolute Gasteiger partial charge is 0.244 e. The lowest BCUT2D eigenvalue weighted by Crippen LogP contribution is -2.44. The van der Waals surface area contributed by atoms with Gasteiger partial charge >= 0.3 is 0 Å². The normalized spacial score (nSPS) is 21.2. The van der Waals surface area contributed by atoms with E-state index in [1.807, 2.05) is 6.92 Å². The van der Waals surface area contributed by atoms with E-state index in [2.05, 4.69) is 4.98 Å². The highest BCUT2D eigenvalue weighted by Crippen LogP contribution is 2.18. The zero-order valence-corrected chi connectivity index (χ0v) is 12.1. The highest BCUT2D eigenvalue weighted by atomic mass is 32.2. The Hall–Kier alpha value is -1.09. The number of hydrogen-bond donors (Lipinski definition) is 1. The third kappa shape index (κ3) is 3.08. The van der Waals surface area contributed by atoms with Crippen molar-refractivity contribution in [1.82, 2.24) is 9.29 Å². The van der Waals surface area contributed by atoms with E-state index in [0.717, 1.165) is 0 Å². The highest BCUT2D eigenvalue weighted by Gasteiger charge is 2.29. The van der Waals surface area contributed by atoms with Gasteiger partial charge in [-0.05, 0) is 19.1 Å². The molecule has 0 saturated carbocycles. The minimum Gasteiger partial charge on any atom is -0.388 e. The average Bonchev–Trinajstić information content (AvgIpc) is 2.39. The Morgan fingerprint density at radius 1 is 1.58 bits per heavy atom. The van der Waals surface area contributed by atoms with Gasteiger partial charge in [0.1, 0.15) is 9.88 Å². The molecule has 1 aliphatic rings. The molecule has 2 heterocycles. The number of pyridine rings is 1.